The van der Waals surface area contributed by atoms with Gasteiger partial charge in [-0.05, 0) is 66.9 Å². The maximum absolute atomic E-state index is 13.5. The molecular weight excluding hydrogens is 317 g/mol. The number of aromatic nitrogens is 4. The first-order chi connectivity index (χ1) is 12.3. The Morgan fingerprint density at radius 1 is 0.920 bits per heavy atom. The first-order valence-electron chi connectivity index (χ1n) is 9.60. The van der Waals surface area contributed by atoms with Gasteiger partial charge in [0.15, 0.2) is 5.82 Å². The molecule has 0 amide bonds. The third-order valence-corrected chi connectivity index (χ3v) is 5.62. The van der Waals surface area contributed by atoms with E-state index in [2.05, 4.69) is 20.4 Å². The normalized spacial score (nSPS) is 21.3. The van der Waals surface area contributed by atoms with Gasteiger partial charge in [0.1, 0.15) is 5.82 Å². The van der Waals surface area contributed by atoms with Crippen molar-refractivity contribution in [3.8, 4) is 0 Å². The summed E-state index contributed by atoms with van der Waals surface area (Å²) in [6.45, 7) is 2.08. The summed E-state index contributed by atoms with van der Waals surface area (Å²) in [5.41, 5.74) is 1.08. The number of rotatable bonds is 4. The van der Waals surface area contributed by atoms with E-state index in [1.807, 2.05) is 16.8 Å². The number of likely N-dealkylation sites (tertiary alicyclic amines) is 1. The van der Waals surface area contributed by atoms with Gasteiger partial charge in [-0.15, -0.1) is 5.10 Å². The lowest BCUT2D eigenvalue weighted by Crippen LogP contribution is -2.33. The second-order valence-corrected chi connectivity index (χ2v) is 7.32. The first kappa shape index (κ1) is 16.6. The molecule has 1 unspecified atom stereocenters. The Kier molecular flexibility index (Phi) is 5.06. The van der Waals surface area contributed by atoms with E-state index in [0.717, 1.165) is 37.3 Å². The summed E-state index contributed by atoms with van der Waals surface area (Å²) in [5.74, 6) is 0.717. The molecule has 2 fully saturated rings. The molecule has 0 bridgehead atoms. The van der Waals surface area contributed by atoms with Gasteiger partial charge in [0, 0.05) is 0 Å². The van der Waals surface area contributed by atoms with Crippen molar-refractivity contribution in [3.05, 3.63) is 41.5 Å². The lowest BCUT2D eigenvalue weighted by Gasteiger charge is -2.30. The smallest absolute Gasteiger partial charge is 0.173 e. The van der Waals surface area contributed by atoms with Gasteiger partial charge in [-0.1, -0.05) is 37.8 Å². The van der Waals surface area contributed by atoms with E-state index in [1.165, 1.54) is 38.5 Å². The second kappa shape index (κ2) is 7.60. The van der Waals surface area contributed by atoms with Crippen molar-refractivity contribution in [3.63, 3.8) is 0 Å². The van der Waals surface area contributed by atoms with Crippen LogP contribution in [0.5, 0.6) is 0 Å². The van der Waals surface area contributed by atoms with E-state index in [4.69, 9.17) is 0 Å². The van der Waals surface area contributed by atoms with Crippen LogP contribution in [0, 0.1) is 5.82 Å². The molecule has 1 atom stereocenters. The number of nitrogens with zero attached hydrogens (tertiary/aromatic N) is 5. The van der Waals surface area contributed by atoms with Crippen LogP contribution in [0.25, 0.3) is 0 Å². The topological polar surface area (TPSA) is 46.8 Å². The molecule has 0 spiro atoms. The van der Waals surface area contributed by atoms with Gasteiger partial charge in [-0.2, -0.15) is 0 Å². The van der Waals surface area contributed by atoms with Crippen LogP contribution in [0.4, 0.5) is 4.39 Å². The van der Waals surface area contributed by atoms with Crippen LogP contribution in [-0.4, -0.2) is 38.2 Å². The van der Waals surface area contributed by atoms with Gasteiger partial charge < -0.3 is 0 Å². The van der Waals surface area contributed by atoms with Crippen molar-refractivity contribution in [1.29, 1.82) is 0 Å². The minimum atomic E-state index is -0.200. The fourth-order valence-electron chi connectivity index (χ4n) is 4.31. The number of hydrogen-bond donors (Lipinski definition) is 0. The van der Waals surface area contributed by atoms with Crippen LogP contribution in [0.2, 0.25) is 0 Å². The van der Waals surface area contributed by atoms with Crippen molar-refractivity contribution in [2.45, 2.75) is 63.5 Å². The summed E-state index contributed by atoms with van der Waals surface area (Å²) in [6, 6.07) is 7.28. The van der Waals surface area contributed by atoms with E-state index in [0.29, 0.717) is 6.04 Å². The lowest BCUT2D eigenvalue weighted by molar-refractivity contribution is 0.217. The maximum Gasteiger partial charge on any atom is 0.173 e. The molecule has 1 aromatic carbocycles. The van der Waals surface area contributed by atoms with Crippen molar-refractivity contribution >= 4 is 0 Å². The molecule has 1 aromatic heterocycles. The van der Waals surface area contributed by atoms with Crippen molar-refractivity contribution in [2.75, 3.05) is 13.1 Å². The van der Waals surface area contributed by atoms with Crippen LogP contribution in [0.1, 0.15) is 74.8 Å². The summed E-state index contributed by atoms with van der Waals surface area (Å²) in [7, 11) is 0. The molecule has 6 heteroatoms. The Labute approximate surface area is 148 Å². The van der Waals surface area contributed by atoms with Crippen LogP contribution in [0.3, 0.4) is 0 Å². The summed E-state index contributed by atoms with van der Waals surface area (Å²) in [6.07, 6.45) is 9.73. The summed E-state index contributed by atoms with van der Waals surface area (Å²) >= 11 is 0. The van der Waals surface area contributed by atoms with Gasteiger partial charge in [0.25, 0.3) is 0 Å². The molecule has 2 heterocycles. The molecule has 1 saturated heterocycles. The Bertz CT molecular complexity index is 669. The van der Waals surface area contributed by atoms with E-state index < -0.39 is 0 Å². The van der Waals surface area contributed by atoms with Crippen LogP contribution in [0.15, 0.2) is 24.3 Å². The average molecular weight is 343 g/mol. The molecule has 134 valence electrons. The van der Waals surface area contributed by atoms with Gasteiger partial charge >= 0.3 is 0 Å². The van der Waals surface area contributed by atoms with Crippen LogP contribution in [-0.2, 0) is 0 Å². The highest BCUT2D eigenvalue weighted by atomic mass is 19.1. The highest BCUT2D eigenvalue weighted by Gasteiger charge is 2.31. The quantitative estimate of drug-likeness (QED) is 0.845. The third kappa shape index (κ3) is 3.59. The molecule has 2 aliphatic rings. The summed E-state index contributed by atoms with van der Waals surface area (Å²) in [4.78, 5) is 2.48. The second-order valence-electron chi connectivity index (χ2n) is 7.32. The van der Waals surface area contributed by atoms with Crippen molar-refractivity contribution < 1.29 is 4.39 Å². The Morgan fingerprint density at radius 2 is 1.60 bits per heavy atom. The van der Waals surface area contributed by atoms with E-state index in [-0.39, 0.29) is 11.9 Å². The molecule has 5 nitrogen and oxygen atoms in total. The highest BCUT2D eigenvalue weighted by molar-refractivity contribution is 5.25. The zero-order chi connectivity index (χ0) is 17.1. The minimum Gasteiger partial charge on any atom is -0.290 e. The number of hydrogen-bond acceptors (Lipinski definition) is 4. The average Bonchev–Trinajstić information content (AvgIpc) is 3.24. The zero-order valence-corrected chi connectivity index (χ0v) is 14.6. The highest BCUT2D eigenvalue weighted by Crippen LogP contribution is 2.34. The van der Waals surface area contributed by atoms with Gasteiger partial charge in [0.05, 0.1) is 12.1 Å². The van der Waals surface area contributed by atoms with E-state index in [9.17, 15) is 4.39 Å². The van der Waals surface area contributed by atoms with E-state index in [1.54, 1.807) is 12.1 Å². The van der Waals surface area contributed by atoms with Gasteiger partial charge in [0.2, 0.25) is 0 Å². The fourth-order valence-corrected chi connectivity index (χ4v) is 4.31. The Hall–Kier alpha value is -1.82. The minimum absolute atomic E-state index is 0.00861. The SMILES string of the molecule is Fc1ccc(C(c2nnnn2C2CCCC2)N2CCCCCC2)cc1. The van der Waals surface area contributed by atoms with Crippen LogP contribution < -0.4 is 0 Å². The molecule has 4 rings (SSSR count). The lowest BCUT2D eigenvalue weighted by atomic mass is 10.0. The molecular formula is C19H26FN5. The number of halogens is 1. The molecule has 1 aliphatic heterocycles. The predicted molar refractivity (Wildman–Crippen MR) is 93.6 cm³/mol. The molecule has 1 saturated carbocycles. The van der Waals surface area contributed by atoms with Crippen molar-refractivity contribution in [1.82, 2.24) is 25.1 Å². The monoisotopic (exact) mass is 343 g/mol. The third-order valence-electron chi connectivity index (χ3n) is 5.62. The molecule has 25 heavy (non-hydrogen) atoms. The Balaban J connectivity index is 1.72. The summed E-state index contributed by atoms with van der Waals surface area (Å²) < 4.78 is 15.5. The zero-order valence-electron chi connectivity index (χ0n) is 14.6. The predicted octanol–water partition coefficient (Wildman–Crippen LogP) is 3.89. The van der Waals surface area contributed by atoms with Crippen LogP contribution >= 0.6 is 0 Å². The largest absolute Gasteiger partial charge is 0.290 e. The number of benzene rings is 1. The maximum atomic E-state index is 13.5. The summed E-state index contributed by atoms with van der Waals surface area (Å²) in [5, 5.41) is 12.8. The number of tetrazole rings is 1. The van der Waals surface area contributed by atoms with Gasteiger partial charge in [-0.3, -0.25) is 4.90 Å². The fraction of sp³-hybridized carbons (Fsp3) is 0.632. The first-order valence-corrected chi connectivity index (χ1v) is 9.60. The molecule has 0 radical (unpaired) electrons. The van der Waals surface area contributed by atoms with Crippen molar-refractivity contribution in [2.24, 2.45) is 0 Å². The molecule has 0 N–H and O–H groups in total. The standard InChI is InChI=1S/C19H26FN5/c20-16-11-9-15(10-12-16)18(24-13-5-1-2-6-14-24)19-21-22-23-25(19)17-7-3-4-8-17/h9-12,17-18H,1-8,13-14H2. The van der Waals surface area contributed by atoms with Gasteiger partial charge in [-0.25, -0.2) is 9.07 Å². The van der Waals surface area contributed by atoms with E-state index >= 15 is 0 Å². The Morgan fingerprint density at radius 3 is 2.28 bits per heavy atom. The molecule has 2 aromatic rings. The molecule has 1 aliphatic carbocycles.